The molecule has 1 aromatic rings. The maximum absolute atomic E-state index is 12.2. The van der Waals surface area contributed by atoms with Crippen molar-refractivity contribution in [3.8, 4) is 0 Å². The Morgan fingerprint density at radius 1 is 1.25 bits per heavy atom. The van der Waals surface area contributed by atoms with E-state index >= 15 is 0 Å². The zero-order valence-corrected chi connectivity index (χ0v) is 9.73. The van der Waals surface area contributed by atoms with Crippen molar-refractivity contribution in [2.45, 2.75) is 12.6 Å². The molecule has 0 N–H and O–H groups in total. The third kappa shape index (κ3) is 3.48. The predicted molar refractivity (Wildman–Crippen MR) is 58.2 cm³/mol. The van der Waals surface area contributed by atoms with E-state index in [0.29, 0.717) is 5.56 Å². The van der Waals surface area contributed by atoms with E-state index in [9.17, 15) is 18.0 Å². The molecular weight excluding hydrogens is 285 g/mol. The first-order chi connectivity index (χ1) is 7.30. The van der Waals surface area contributed by atoms with Crippen LogP contribution in [-0.4, -0.2) is 5.78 Å². The summed E-state index contributed by atoms with van der Waals surface area (Å²) in [5.74, 6) is -0.250. The molecule has 0 amide bonds. The van der Waals surface area contributed by atoms with Crippen LogP contribution < -0.4 is 0 Å². The molecule has 0 aliphatic rings. The summed E-state index contributed by atoms with van der Waals surface area (Å²) in [5.41, 5.74) is -0.194. The number of halogens is 4. The summed E-state index contributed by atoms with van der Waals surface area (Å²) in [7, 11) is 0. The van der Waals surface area contributed by atoms with Crippen molar-refractivity contribution in [3.05, 3.63) is 46.5 Å². The van der Waals surface area contributed by atoms with Gasteiger partial charge in [0.25, 0.3) is 0 Å². The highest BCUT2D eigenvalue weighted by atomic mass is 79.9. The highest BCUT2D eigenvalue weighted by Crippen LogP contribution is 2.29. The van der Waals surface area contributed by atoms with Gasteiger partial charge in [0.2, 0.25) is 0 Å². The van der Waals surface area contributed by atoms with Crippen molar-refractivity contribution in [1.29, 1.82) is 0 Å². The molecule has 86 valence electrons. The van der Waals surface area contributed by atoms with Crippen molar-refractivity contribution in [2.75, 3.05) is 0 Å². The van der Waals surface area contributed by atoms with Gasteiger partial charge in [0.1, 0.15) is 0 Å². The average Bonchev–Trinajstić information content (AvgIpc) is 2.17. The van der Waals surface area contributed by atoms with Gasteiger partial charge >= 0.3 is 6.18 Å². The zero-order chi connectivity index (χ0) is 12.3. The van der Waals surface area contributed by atoms with E-state index in [1.807, 2.05) is 0 Å². The van der Waals surface area contributed by atoms with Crippen LogP contribution in [0.4, 0.5) is 13.2 Å². The maximum atomic E-state index is 12.2. The van der Waals surface area contributed by atoms with E-state index in [0.717, 1.165) is 12.1 Å². The Morgan fingerprint density at radius 2 is 1.75 bits per heavy atom. The molecule has 0 aromatic heterocycles. The first-order valence-corrected chi connectivity index (χ1v) is 5.14. The molecule has 0 spiro atoms. The van der Waals surface area contributed by atoms with Crippen molar-refractivity contribution in [3.63, 3.8) is 0 Å². The molecule has 0 aliphatic heterocycles. The molecule has 0 unspecified atom stereocenters. The van der Waals surface area contributed by atoms with Gasteiger partial charge in [-0.1, -0.05) is 18.7 Å². The molecule has 0 saturated heterocycles. The van der Waals surface area contributed by atoms with Crippen LogP contribution in [0.1, 0.15) is 11.1 Å². The van der Waals surface area contributed by atoms with Gasteiger partial charge in [0.15, 0.2) is 5.78 Å². The summed E-state index contributed by atoms with van der Waals surface area (Å²) in [5, 5.41) is 0. The topological polar surface area (TPSA) is 17.1 Å². The monoisotopic (exact) mass is 292 g/mol. The Balaban J connectivity index is 2.80. The third-order valence-corrected chi connectivity index (χ3v) is 2.39. The standard InChI is InChI=1S/C11H8BrF3O/c1-7(12)10(16)6-8-2-4-9(5-3-8)11(13,14)15/h2-5H,1,6H2. The highest BCUT2D eigenvalue weighted by molar-refractivity contribution is 9.12. The Hall–Kier alpha value is -1.10. The van der Waals surface area contributed by atoms with Crippen molar-refractivity contribution >= 4 is 21.7 Å². The predicted octanol–water partition coefficient (Wildman–Crippen LogP) is 3.73. The normalized spacial score (nSPS) is 11.2. The van der Waals surface area contributed by atoms with Crippen LogP contribution in [0.5, 0.6) is 0 Å². The molecule has 0 saturated carbocycles. The van der Waals surface area contributed by atoms with Gasteiger partial charge in [0, 0.05) is 6.42 Å². The molecule has 16 heavy (non-hydrogen) atoms. The SMILES string of the molecule is C=C(Br)C(=O)Cc1ccc(C(F)(F)F)cc1. The van der Waals surface area contributed by atoms with Crippen LogP contribution in [0.3, 0.4) is 0 Å². The number of Topliss-reactive ketones (excluding diaryl/α,β-unsaturated/α-hetero) is 1. The van der Waals surface area contributed by atoms with E-state index in [1.165, 1.54) is 12.1 Å². The summed E-state index contributed by atoms with van der Waals surface area (Å²) in [4.78, 5) is 11.2. The van der Waals surface area contributed by atoms with Crippen molar-refractivity contribution < 1.29 is 18.0 Å². The number of allylic oxidation sites excluding steroid dienone is 1. The maximum Gasteiger partial charge on any atom is 0.416 e. The van der Waals surface area contributed by atoms with Crippen LogP contribution in [-0.2, 0) is 17.4 Å². The second-order valence-electron chi connectivity index (χ2n) is 3.20. The minimum atomic E-state index is -4.35. The molecule has 0 fully saturated rings. The minimum absolute atomic E-state index is 0.0439. The van der Waals surface area contributed by atoms with E-state index < -0.39 is 11.7 Å². The first-order valence-electron chi connectivity index (χ1n) is 4.34. The van der Waals surface area contributed by atoms with Gasteiger partial charge in [-0.25, -0.2) is 0 Å². The zero-order valence-electron chi connectivity index (χ0n) is 8.14. The summed E-state index contributed by atoms with van der Waals surface area (Å²) in [6.07, 6.45) is -4.30. The number of alkyl halides is 3. The molecule has 0 atom stereocenters. The van der Waals surface area contributed by atoms with Gasteiger partial charge in [-0.15, -0.1) is 0 Å². The van der Waals surface area contributed by atoms with Gasteiger partial charge in [0.05, 0.1) is 10.0 Å². The number of rotatable bonds is 3. The summed E-state index contributed by atoms with van der Waals surface area (Å²) >= 11 is 2.92. The fraction of sp³-hybridized carbons (Fsp3) is 0.182. The number of hydrogen-bond donors (Lipinski definition) is 0. The smallest absolute Gasteiger partial charge is 0.293 e. The Bertz CT molecular complexity index is 406. The van der Waals surface area contributed by atoms with Gasteiger partial charge in [-0.05, 0) is 33.6 Å². The number of carbonyl (C=O) groups excluding carboxylic acids is 1. The van der Waals surface area contributed by atoms with Crippen molar-refractivity contribution in [1.82, 2.24) is 0 Å². The fourth-order valence-corrected chi connectivity index (χ4v) is 1.23. The molecule has 0 bridgehead atoms. The van der Waals surface area contributed by atoms with Crippen molar-refractivity contribution in [2.24, 2.45) is 0 Å². The lowest BCUT2D eigenvalue weighted by molar-refractivity contribution is -0.137. The summed E-state index contributed by atoms with van der Waals surface area (Å²) in [6, 6.07) is 4.49. The first kappa shape index (κ1) is 13.0. The molecule has 5 heteroatoms. The molecule has 1 rings (SSSR count). The number of benzene rings is 1. The van der Waals surface area contributed by atoms with E-state index in [1.54, 1.807) is 0 Å². The molecule has 1 nitrogen and oxygen atoms in total. The molecule has 1 aromatic carbocycles. The van der Waals surface area contributed by atoms with E-state index in [4.69, 9.17) is 0 Å². The summed E-state index contributed by atoms with van der Waals surface area (Å²) in [6.45, 7) is 3.40. The van der Waals surface area contributed by atoms with E-state index in [2.05, 4.69) is 22.5 Å². The number of carbonyl (C=O) groups is 1. The van der Waals surface area contributed by atoms with E-state index in [-0.39, 0.29) is 16.7 Å². The number of hydrogen-bond acceptors (Lipinski definition) is 1. The lowest BCUT2D eigenvalue weighted by Gasteiger charge is -2.07. The second kappa shape index (κ2) is 4.82. The molecule has 0 heterocycles. The molecule has 0 radical (unpaired) electrons. The highest BCUT2D eigenvalue weighted by Gasteiger charge is 2.29. The van der Waals surface area contributed by atoms with Crippen LogP contribution in [0.2, 0.25) is 0 Å². The third-order valence-electron chi connectivity index (χ3n) is 1.95. The Kier molecular flexibility index (Phi) is 3.91. The minimum Gasteiger partial charge on any atom is -0.293 e. The number of ketones is 1. The Morgan fingerprint density at radius 3 is 2.12 bits per heavy atom. The molecular formula is C11H8BrF3O. The van der Waals surface area contributed by atoms with Crippen LogP contribution in [0.25, 0.3) is 0 Å². The van der Waals surface area contributed by atoms with Crippen LogP contribution in [0, 0.1) is 0 Å². The fourth-order valence-electron chi connectivity index (χ4n) is 1.09. The average molecular weight is 293 g/mol. The van der Waals surface area contributed by atoms with Gasteiger partial charge < -0.3 is 0 Å². The molecule has 0 aliphatic carbocycles. The largest absolute Gasteiger partial charge is 0.416 e. The van der Waals surface area contributed by atoms with Crippen LogP contribution in [0.15, 0.2) is 35.3 Å². The van der Waals surface area contributed by atoms with Gasteiger partial charge in [-0.2, -0.15) is 13.2 Å². The lowest BCUT2D eigenvalue weighted by Crippen LogP contribution is -2.06. The Labute approximate surface area is 99.1 Å². The lowest BCUT2D eigenvalue weighted by atomic mass is 10.1. The summed E-state index contributed by atoms with van der Waals surface area (Å²) < 4.78 is 36.9. The van der Waals surface area contributed by atoms with Crippen LogP contribution >= 0.6 is 15.9 Å². The second-order valence-corrected chi connectivity index (χ2v) is 4.16. The quantitative estimate of drug-likeness (QED) is 0.776. The van der Waals surface area contributed by atoms with Gasteiger partial charge in [-0.3, -0.25) is 4.79 Å².